The number of rotatable bonds is 1. The van der Waals surface area contributed by atoms with Gasteiger partial charge in [-0.15, -0.1) is 0 Å². The lowest BCUT2D eigenvalue weighted by Gasteiger charge is -1.95. The molecule has 2 heterocycles. The zero-order valence-electron chi connectivity index (χ0n) is 7.28. The molecule has 0 aliphatic heterocycles. The first-order chi connectivity index (χ1) is 6.22. The van der Waals surface area contributed by atoms with Gasteiger partial charge in [0.15, 0.2) is 5.65 Å². The van der Waals surface area contributed by atoms with Gasteiger partial charge >= 0.3 is 0 Å². The third-order valence-corrected chi connectivity index (χ3v) is 2.24. The van der Waals surface area contributed by atoms with Crippen LogP contribution in [-0.4, -0.2) is 21.7 Å². The second-order valence-electron chi connectivity index (χ2n) is 2.63. The van der Waals surface area contributed by atoms with E-state index < -0.39 is 0 Å². The second-order valence-corrected chi connectivity index (χ2v) is 3.45. The van der Waals surface area contributed by atoms with Crippen LogP contribution in [0.3, 0.4) is 0 Å². The third kappa shape index (κ3) is 1.29. The number of hydrogen-bond donors (Lipinski definition) is 0. The van der Waals surface area contributed by atoms with Gasteiger partial charge in [0, 0.05) is 0 Å². The number of ether oxygens (including phenoxy) is 1. The highest BCUT2D eigenvalue weighted by Crippen LogP contribution is 2.18. The lowest BCUT2D eigenvalue weighted by molar-refractivity contribution is 0.396. The zero-order chi connectivity index (χ0) is 9.42. The summed E-state index contributed by atoms with van der Waals surface area (Å²) in [5.74, 6) is 0.616. The number of methoxy groups -OCH3 is 1. The molecule has 2 rings (SSSR count). The zero-order valence-corrected chi connectivity index (χ0v) is 8.87. The molecule has 0 spiro atoms. The van der Waals surface area contributed by atoms with E-state index in [1.165, 1.54) is 0 Å². The molecule has 0 amide bonds. The van der Waals surface area contributed by atoms with Gasteiger partial charge in [0.1, 0.15) is 10.3 Å². The third-order valence-electron chi connectivity index (χ3n) is 1.82. The van der Waals surface area contributed by atoms with Gasteiger partial charge in [0.2, 0.25) is 5.88 Å². The molecule has 0 aromatic carbocycles. The Bertz CT molecular complexity index is 452. The van der Waals surface area contributed by atoms with Crippen LogP contribution in [0.25, 0.3) is 5.65 Å². The standard InChI is InChI=1S/C8H8BrN3O/c1-5-8(13-2)10-7-4-3-6(9)11-12(5)7/h3-4H,1-2H3. The van der Waals surface area contributed by atoms with Crippen molar-refractivity contribution < 1.29 is 4.74 Å². The van der Waals surface area contributed by atoms with Crippen molar-refractivity contribution in [3.8, 4) is 5.88 Å². The molecule has 0 saturated carbocycles. The van der Waals surface area contributed by atoms with E-state index in [-0.39, 0.29) is 0 Å². The van der Waals surface area contributed by atoms with Crippen molar-refractivity contribution in [3.05, 3.63) is 22.4 Å². The SMILES string of the molecule is COc1nc2ccc(Br)nn2c1C. The average molecular weight is 242 g/mol. The molecule has 0 aliphatic rings. The highest BCUT2D eigenvalue weighted by molar-refractivity contribution is 9.10. The van der Waals surface area contributed by atoms with E-state index >= 15 is 0 Å². The maximum Gasteiger partial charge on any atom is 0.237 e. The fourth-order valence-electron chi connectivity index (χ4n) is 1.19. The van der Waals surface area contributed by atoms with Crippen molar-refractivity contribution in [2.45, 2.75) is 6.92 Å². The molecule has 0 saturated heterocycles. The summed E-state index contributed by atoms with van der Waals surface area (Å²) in [7, 11) is 1.60. The van der Waals surface area contributed by atoms with E-state index in [1.807, 2.05) is 19.1 Å². The summed E-state index contributed by atoms with van der Waals surface area (Å²) in [6.07, 6.45) is 0. The Morgan fingerprint density at radius 2 is 2.23 bits per heavy atom. The fraction of sp³-hybridized carbons (Fsp3) is 0.250. The van der Waals surface area contributed by atoms with Gasteiger partial charge in [-0.25, -0.2) is 4.52 Å². The predicted octanol–water partition coefficient (Wildman–Crippen LogP) is 1.81. The summed E-state index contributed by atoms with van der Waals surface area (Å²) in [6, 6.07) is 3.73. The predicted molar refractivity (Wildman–Crippen MR) is 52.0 cm³/mol. The number of aryl methyl sites for hydroxylation is 1. The van der Waals surface area contributed by atoms with Crippen molar-refractivity contribution in [1.82, 2.24) is 14.6 Å². The van der Waals surface area contributed by atoms with Crippen LogP contribution in [0.15, 0.2) is 16.7 Å². The fourth-order valence-corrected chi connectivity index (χ4v) is 1.49. The molecule has 0 unspecified atom stereocenters. The molecular weight excluding hydrogens is 234 g/mol. The number of halogens is 1. The number of fused-ring (bicyclic) bond motifs is 1. The van der Waals surface area contributed by atoms with Crippen molar-refractivity contribution in [3.63, 3.8) is 0 Å². The Balaban J connectivity index is 2.77. The highest BCUT2D eigenvalue weighted by atomic mass is 79.9. The van der Waals surface area contributed by atoms with Gasteiger partial charge in [-0.3, -0.25) is 0 Å². The van der Waals surface area contributed by atoms with Crippen LogP contribution in [0.4, 0.5) is 0 Å². The number of imidazole rings is 1. The maximum absolute atomic E-state index is 5.08. The van der Waals surface area contributed by atoms with Gasteiger partial charge in [-0.05, 0) is 35.0 Å². The Labute approximate surface area is 83.7 Å². The van der Waals surface area contributed by atoms with E-state index in [9.17, 15) is 0 Å². The lowest BCUT2D eigenvalue weighted by atomic mass is 10.5. The molecule has 0 fully saturated rings. The van der Waals surface area contributed by atoms with Gasteiger partial charge in [-0.2, -0.15) is 10.1 Å². The summed E-state index contributed by atoms with van der Waals surface area (Å²) < 4.78 is 7.60. The van der Waals surface area contributed by atoms with E-state index in [2.05, 4.69) is 26.0 Å². The molecule has 13 heavy (non-hydrogen) atoms. The topological polar surface area (TPSA) is 39.4 Å². The summed E-state index contributed by atoms with van der Waals surface area (Å²) in [6.45, 7) is 1.91. The molecule has 0 atom stereocenters. The van der Waals surface area contributed by atoms with Crippen LogP contribution >= 0.6 is 15.9 Å². The first kappa shape index (κ1) is 8.50. The average Bonchev–Trinajstić information content (AvgIpc) is 2.44. The molecule has 0 N–H and O–H groups in total. The molecule has 5 heteroatoms. The Morgan fingerprint density at radius 1 is 1.46 bits per heavy atom. The molecule has 2 aromatic heterocycles. The van der Waals surface area contributed by atoms with E-state index in [4.69, 9.17) is 4.74 Å². The number of hydrogen-bond acceptors (Lipinski definition) is 3. The van der Waals surface area contributed by atoms with Crippen molar-refractivity contribution >= 4 is 21.6 Å². The quantitative estimate of drug-likeness (QED) is 0.765. The van der Waals surface area contributed by atoms with E-state index in [0.717, 1.165) is 15.9 Å². The molecule has 2 aromatic rings. The largest absolute Gasteiger partial charge is 0.480 e. The van der Waals surface area contributed by atoms with Crippen LogP contribution in [0.2, 0.25) is 0 Å². The number of nitrogens with zero attached hydrogens (tertiary/aromatic N) is 3. The van der Waals surface area contributed by atoms with E-state index in [1.54, 1.807) is 11.6 Å². The first-order valence-corrected chi connectivity index (χ1v) is 4.57. The lowest BCUT2D eigenvalue weighted by Crippen LogP contribution is -1.94. The van der Waals surface area contributed by atoms with Gasteiger partial charge in [-0.1, -0.05) is 0 Å². The van der Waals surface area contributed by atoms with Crippen LogP contribution in [-0.2, 0) is 0 Å². The molecule has 0 bridgehead atoms. The maximum atomic E-state index is 5.08. The van der Waals surface area contributed by atoms with Crippen molar-refractivity contribution in [1.29, 1.82) is 0 Å². The molecule has 68 valence electrons. The first-order valence-electron chi connectivity index (χ1n) is 3.78. The normalized spacial score (nSPS) is 10.7. The monoisotopic (exact) mass is 241 g/mol. The minimum Gasteiger partial charge on any atom is -0.480 e. The van der Waals surface area contributed by atoms with E-state index in [0.29, 0.717) is 5.88 Å². The molecule has 4 nitrogen and oxygen atoms in total. The molecular formula is C8H8BrN3O. The Morgan fingerprint density at radius 3 is 2.92 bits per heavy atom. The minimum atomic E-state index is 0.616. The molecule has 0 aliphatic carbocycles. The minimum absolute atomic E-state index is 0.616. The van der Waals surface area contributed by atoms with Crippen LogP contribution < -0.4 is 4.74 Å². The van der Waals surface area contributed by atoms with Crippen molar-refractivity contribution in [2.75, 3.05) is 7.11 Å². The summed E-state index contributed by atoms with van der Waals surface area (Å²) >= 11 is 3.30. The summed E-state index contributed by atoms with van der Waals surface area (Å²) in [4.78, 5) is 4.23. The van der Waals surface area contributed by atoms with Crippen LogP contribution in [0.5, 0.6) is 5.88 Å². The Kier molecular flexibility index (Phi) is 1.95. The molecule has 0 radical (unpaired) electrons. The van der Waals surface area contributed by atoms with Crippen LogP contribution in [0.1, 0.15) is 5.69 Å². The highest BCUT2D eigenvalue weighted by Gasteiger charge is 2.08. The number of aromatic nitrogens is 3. The van der Waals surface area contributed by atoms with Gasteiger partial charge < -0.3 is 4.74 Å². The smallest absolute Gasteiger partial charge is 0.237 e. The Hall–Kier alpha value is -1.10. The summed E-state index contributed by atoms with van der Waals surface area (Å²) in [5.41, 5.74) is 1.69. The van der Waals surface area contributed by atoms with Crippen molar-refractivity contribution in [2.24, 2.45) is 0 Å². The van der Waals surface area contributed by atoms with Gasteiger partial charge in [0.05, 0.1) is 7.11 Å². The second kappa shape index (κ2) is 2.99. The van der Waals surface area contributed by atoms with Gasteiger partial charge in [0.25, 0.3) is 0 Å². The summed E-state index contributed by atoms with van der Waals surface area (Å²) in [5, 5.41) is 4.23. The van der Waals surface area contributed by atoms with Crippen LogP contribution in [0, 0.1) is 6.92 Å².